The maximum absolute atomic E-state index is 12.6. The summed E-state index contributed by atoms with van der Waals surface area (Å²) >= 11 is 0. The molecule has 2 unspecified atom stereocenters. The van der Waals surface area contributed by atoms with Crippen LogP contribution in [0.4, 0.5) is 0 Å². The minimum atomic E-state index is -0.666. The molecule has 0 aromatic rings. The molecule has 0 fully saturated rings. The fourth-order valence-electron chi connectivity index (χ4n) is 11.0. The average molecular weight is 1130 g/mol. The van der Waals surface area contributed by atoms with Gasteiger partial charge in [-0.05, 0) is 77.0 Å². The number of aliphatic hydroxyl groups excluding tert-OH is 2. The number of hydrogen-bond acceptors (Lipinski definition) is 3. The van der Waals surface area contributed by atoms with Gasteiger partial charge in [-0.2, -0.15) is 0 Å². The second kappa shape index (κ2) is 71.6. The Bertz CT molecular complexity index is 1470. The molecule has 0 heterocycles. The van der Waals surface area contributed by atoms with Gasteiger partial charge in [0.05, 0.1) is 18.8 Å². The fraction of sp³-hybridized carbons (Fsp3) is 0.779. The van der Waals surface area contributed by atoms with Gasteiger partial charge in [-0.1, -0.05) is 381 Å². The summed E-state index contributed by atoms with van der Waals surface area (Å²) in [5.41, 5.74) is 0. The molecule has 0 aliphatic carbocycles. The van der Waals surface area contributed by atoms with Crippen LogP contribution in [0, 0.1) is 0 Å². The molecular formula is C77H139NO3. The first kappa shape index (κ1) is 78.3. The monoisotopic (exact) mass is 1130 g/mol. The summed E-state index contributed by atoms with van der Waals surface area (Å²) in [6.07, 6.45) is 106. The summed E-state index contributed by atoms with van der Waals surface area (Å²) in [5, 5.41) is 23.5. The Labute approximate surface area is 506 Å². The smallest absolute Gasteiger partial charge is 0.220 e. The van der Waals surface area contributed by atoms with Crippen molar-refractivity contribution in [3.05, 3.63) is 97.2 Å². The minimum Gasteiger partial charge on any atom is -0.394 e. The molecule has 0 spiro atoms. The van der Waals surface area contributed by atoms with E-state index in [0.717, 1.165) is 77.0 Å². The van der Waals surface area contributed by atoms with Crippen LogP contribution < -0.4 is 5.32 Å². The highest BCUT2D eigenvalue weighted by molar-refractivity contribution is 5.76. The SMILES string of the molecule is CC/C=C\C/C=C\C/C=C\C/C=C\C/C=C\C/C=C\C/C=C\C/C=C\CCCCCCCCCCCCCCCCC(=O)NC(CO)C(O)CCCCCCCCCCCCCCCCCCCCCCCCCCCCCCCC. The van der Waals surface area contributed by atoms with Crippen molar-refractivity contribution in [2.75, 3.05) is 6.61 Å². The molecule has 0 aromatic carbocycles. The third kappa shape index (κ3) is 68.0. The van der Waals surface area contributed by atoms with Gasteiger partial charge in [0.15, 0.2) is 0 Å². The van der Waals surface area contributed by atoms with Gasteiger partial charge in [0.1, 0.15) is 0 Å². The highest BCUT2D eigenvalue weighted by atomic mass is 16.3. The van der Waals surface area contributed by atoms with Gasteiger partial charge < -0.3 is 15.5 Å². The van der Waals surface area contributed by atoms with Crippen LogP contribution in [-0.2, 0) is 4.79 Å². The molecule has 470 valence electrons. The van der Waals surface area contributed by atoms with Crippen molar-refractivity contribution in [3.8, 4) is 0 Å². The van der Waals surface area contributed by atoms with Gasteiger partial charge in [0.25, 0.3) is 0 Å². The summed E-state index contributed by atoms with van der Waals surface area (Å²) < 4.78 is 0. The van der Waals surface area contributed by atoms with Crippen molar-refractivity contribution in [2.45, 2.75) is 379 Å². The first-order valence-electron chi connectivity index (χ1n) is 35.9. The number of amides is 1. The average Bonchev–Trinajstić information content (AvgIpc) is 3.47. The lowest BCUT2D eigenvalue weighted by Gasteiger charge is -2.22. The quantitative estimate of drug-likeness (QED) is 0.0420. The molecule has 1 amide bonds. The van der Waals surface area contributed by atoms with Crippen molar-refractivity contribution in [1.82, 2.24) is 5.32 Å². The van der Waals surface area contributed by atoms with Crippen molar-refractivity contribution < 1.29 is 15.0 Å². The molecule has 4 nitrogen and oxygen atoms in total. The van der Waals surface area contributed by atoms with Crippen LogP contribution in [0.25, 0.3) is 0 Å². The van der Waals surface area contributed by atoms with Crippen molar-refractivity contribution >= 4 is 5.91 Å². The fourth-order valence-corrected chi connectivity index (χ4v) is 11.0. The van der Waals surface area contributed by atoms with E-state index in [1.165, 1.54) is 263 Å². The normalized spacial score (nSPS) is 13.3. The number of carbonyl (C=O) groups excluding carboxylic acids is 1. The van der Waals surface area contributed by atoms with E-state index >= 15 is 0 Å². The number of carbonyl (C=O) groups is 1. The number of rotatable bonds is 66. The molecular weight excluding hydrogens is 987 g/mol. The van der Waals surface area contributed by atoms with E-state index in [2.05, 4.69) is 116 Å². The molecule has 0 aliphatic heterocycles. The zero-order valence-corrected chi connectivity index (χ0v) is 54.3. The van der Waals surface area contributed by atoms with Crippen molar-refractivity contribution in [3.63, 3.8) is 0 Å². The number of hydrogen-bond donors (Lipinski definition) is 3. The van der Waals surface area contributed by atoms with Crippen molar-refractivity contribution in [2.24, 2.45) is 0 Å². The molecule has 4 heteroatoms. The maximum atomic E-state index is 12.6. The second-order valence-corrected chi connectivity index (χ2v) is 24.3. The van der Waals surface area contributed by atoms with Crippen LogP contribution >= 0.6 is 0 Å². The van der Waals surface area contributed by atoms with E-state index in [4.69, 9.17) is 0 Å². The second-order valence-electron chi connectivity index (χ2n) is 24.3. The minimum absolute atomic E-state index is 0.0296. The molecule has 81 heavy (non-hydrogen) atoms. The van der Waals surface area contributed by atoms with Gasteiger partial charge in [-0.15, -0.1) is 0 Å². The Morgan fingerprint density at radius 1 is 0.309 bits per heavy atom. The highest BCUT2D eigenvalue weighted by Gasteiger charge is 2.20. The first-order valence-corrected chi connectivity index (χ1v) is 35.9. The van der Waals surface area contributed by atoms with Crippen LogP contribution in [0.15, 0.2) is 97.2 Å². The van der Waals surface area contributed by atoms with Gasteiger partial charge in [0, 0.05) is 6.42 Å². The summed E-state index contributed by atoms with van der Waals surface area (Å²) in [6.45, 7) is 4.28. The van der Waals surface area contributed by atoms with E-state index in [-0.39, 0.29) is 12.5 Å². The summed E-state index contributed by atoms with van der Waals surface area (Å²) in [7, 11) is 0. The number of aliphatic hydroxyl groups is 2. The molecule has 0 rings (SSSR count). The van der Waals surface area contributed by atoms with E-state index in [1.54, 1.807) is 0 Å². The molecule has 0 saturated heterocycles. The summed E-state index contributed by atoms with van der Waals surface area (Å²) in [4.78, 5) is 12.6. The molecule has 2 atom stereocenters. The zero-order valence-electron chi connectivity index (χ0n) is 54.3. The Morgan fingerprint density at radius 3 is 0.815 bits per heavy atom. The van der Waals surface area contributed by atoms with E-state index in [1.807, 2.05) is 0 Å². The Morgan fingerprint density at radius 2 is 0.543 bits per heavy atom. The number of allylic oxidation sites excluding steroid dienone is 16. The van der Waals surface area contributed by atoms with Gasteiger partial charge in [-0.25, -0.2) is 0 Å². The lowest BCUT2D eigenvalue weighted by atomic mass is 10.0. The van der Waals surface area contributed by atoms with Gasteiger partial charge >= 0.3 is 0 Å². The van der Waals surface area contributed by atoms with Crippen LogP contribution in [0.3, 0.4) is 0 Å². The Kier molecular flexibility index (Phi) is 69.2. The number of unbranched alkanes of at least 4 members (excludes halogenated alkanes) is 43. The lowest BCUT2D eigenvalue weighted by Crippen LogP contribution is -2.45. The van der Waals surface area contributed by atoms with E-state index in [9.17, 15) is 15.0 Å². The molecule has 0 aromatic heterocycles. The maximum Gasteiger partial charge on any atom is 0.220 e. The van der Waals surface area contributed by atoms with Crippen LogP contribution in [-0.4, -0.2) is 34.9 Å². The summed E-state index contributed by atoms with van der Waals surface area (Å²) in [5.74, 6) is -0.0296. The first-order chi connectivity index (χ1) is 40.2. The van der Waals surface area contributed by atoms with Crippen molar-refractivity contribution in [1.29, 1.82) is 0 Å². The Balaban J connectivity index is 3.46. The van der Waals surface area contributed by atoms with Crippen LogP contribution in [0.2, 0.25) is 0 Å². The van der Waals surface area contributed by atoms with E-state index in [0.29, 0.717) is 12.8 Å². The summed E-state index contributed by atoms with van der Waals surface area (Å²) in [6, 6.07) is -0.543. The molecule has 3 N–H and O–H groups in total. The third-order valence-electron chi connectivity index (χ3n) is 16.4. The predicted molar refractivity (Wildman–Crippen MR) is 363 cm³/mol. The lowest BCUT2D eigenvalue weighted by molar-refractivity contribution is -0.123. The standard InChI is InChI=1S/C77H139NO3/c1-3-5-7-9-11-13-15-17-19-21-23-25-27-29-31-33-35-36-37-38-39-40-41-42-43-45-47-49-51-53-55-57-59-61-63-65-67-69-71-73-77(81)78-75(74-79)76(80)72-70-68-66-64-62-60-58-56-54-52-50-48-46-44-34-32-30-28-26-24-22-20-18-16-14-12-10-8-6-4-2/h5,7,11,13,17,19,23,25,29,31,35-36,38-39,41-42,75-76,79-80H,3-4,6,8-10,12,14-16,18,20-22,24,26-28,30,32-34,37,40,43-74H2,1-2H3,(H,78,81)/b7-5-,13-11-,19-17-,25-23-,31-29-,36-35-,39-38-,42-41-. The molecule has 0 saturated carbocycles. The largest absolute Gasteiger partial charge is 0.394 e. The molecule has 0 bridgehead atoms. The molecule has 0 radical (unpaired) electrons. The zero-order chi connectivity index (χ0) is 58.4. The third-order valence-corrected chi connectivity index (χ3v) is 16.4. The van der Waals surface area contributed by atoms with Gasteiger partial charge in [0.2, 0.25) is 5.91 Å². The van der Waals surface area contributed by atoms with E-state index < -0.39 is 12.1 Å². The highest BCUT2D eigenvalue weighted by Crippen LogP contribution is 2.19. The topological polar surface area (TPSA) is 69.6 Å². The molecule has 0 aliphatic rings. The van der Waals surface area contributed by atoms with Crippen LogP contribution in [0.1, 0.15) is 367 Å². The Hall–Kier alpha value is -2.69. The van der Waals surface area contributed by atoms with Crippen LogP contribution in [0.5, 0.6) is 0 Å². The number of nitrogens with one attached hydrogen (secondary N) is 1. The predicted octanol–water partition coefficient (Wildman–Crippen LogP) is 24.8. The van der Waals surface area contributed by atoms with Gasteiger partial charge in [-0.3, -0.25) is 4.79 Å².